The molecule has 0 aromatic rings. The summed E-state index contributed by atoms with van der Waals surface area (Å²) in [6.45, 7) is 14.6. The Kier molecular flexibility index (Phi) is 6.63. The maximum Gasteiger partial charge on any atom is 0.303 e. The van der Waals surface area contributed by atoms with Gasteiger partial charge in [0.05, 0.1) is 6.10 Å². The van der Waals surface area contributed by atoms with E-state index < -0.39 is 47.6 Å². The van der Waals surface area contributed by atoms with Crippen molar-refractivity contribution in [2.75, 3.05) is 0 Å². The van der Waals surface area contributed by atoms with Crippen LogP contribution in [0.2, 0.25) is 0 Å². The Morgan fingerprint density at radius 2 is 1.84 bits per heavy atom. The van der Waals surface area contributed by atoms with Crippen LogP contribution in [0.25, 0.3) is 0 Å². The van der Waals surface area contributed by atoms with Crippen LogP contribution in [-0.2, 0) is 23.8 Å². The van der Waals surface area contributed by atoms with E-state index in [-0.39, 0.29) is 18.3 Å². The normalized spacial score (nSPS) is 45.3. The molecule has 3 aliphatic rings. The average molecular weight is 439 g/mol. The fraction of sp³-hybridized carbons (Fsp3) is 0.833. The van der Waals surface area contributed by atoms with E-state index in [0.29, 0.717) is 18.3 Å². The van der Waals surface area contributed by atoms with Crippen molar-refractivity contribution < 1.29 is 34.0 Å². The van der Waals surface area contributed by atoms with Gasteiger partial charge in [0.1, 0.15) is 29.5 Å². The Hall–Kier alpha value is -1.44. The SMILES string of the molecule is C=C1CC[C@H](C(C)C)[C@@H]2[C@H]1[C@@H]1O[C@H]2[C@](C)(OC(C)=O)CC[C@H](OC(C)=O)[C@@](C)(O)[C@H]1O. The number of carbonyl (C=O) groups is 2. The van der Waals surface area contributed by atoms with Crippen molar-refractivity contribution >= 4 is 11.9 Å². The van der Waals surface area contributed by atoms with Gasteiger partial charge < -0.3 is 24.4 Å². The van der Waals surface area contributed by atoms with Crippen LogP contribution in [0.1, 0.15) is 67.2 Å². The fourth-order valence-electron chi connectivity index (χ4n) is 6.25. The molecule has 0 amide bonds. The zero-order valence-electron chi connectivity index (χ0n) is 19.6. The number of carbonyl (C=O) groups excluding carboxylic acids is 2. The predicted octanol–water partition coefficient (Wildman–Crippen LogP) is 2.77. The van der Waals surface area contributed by atoms with Gasteiger partial charge in [-0.1, -0.05) is 26.0 Å². The lowest BCUT2D eigenvalue weighted by atomic mass is 9.60. The molecule has 2 bridgehead atoms. The summed E-state index contributed by atoms with van der Waals surface area (Å²) in [6, 6.07) is 0. The molecule has 7 heteroatoms. The maximum absolute atomic E-state index is 12.1. The van der Waals surface area contributed by atoms with Gasteiger partial charge in [-0.3, -0.25) is 9.59 Å². The fourth-order valence-corrected chi connectivity index (χ4v) is 6.25. The van der Waals surface area contributed by atoms with Gasteiger partial charge in [0.2, 0.25) is 0 Å². The van der Waals surface area contributed by atoms with Gasteiger partial charge in [0.15, 0.2) is 0 Å². The number of aliphatic hydroxyl groups is 2. The summed E-state index contributed by atoms with van der Waals surface area (Å²) in [6.07, 6.45) is -1.12. The molecule has 3 rings (SSSR count). The number of hydrogen-bond acceptors (Lipinski definition) is 7. The summed E-state index contributed by atoms with van der Waals surface area (Å²) in [7, 11) is 0. The number of rotatable bonds is 3. The molecule has 7 nitrogen and oxygen atoms in total. The van der Waals surface area contributed by atoms with E-state index in [9.17, 15) is 19.8 Å². The molecule has 2 N–H and O–H groups in total. The molecular weight excluding hydrogens is 400 g/mol. The highest BCUT2D eigenvalue weighted by Gasteiger charge is 2.63. The molecule has 0 aromatic heterocycles. The minimum Gasteiger partial charge on any atom is -0.459 e. The molecule has 2 saturated heterocycles. The number of ether oxygens (including phenoxy) is 3. The third-order valence-electron chi connectivity index (χ3n) is 7.79. The van der Waals surface area contributed by atoms with Crippen LogP contribution in [-0.4, -0.2) is 57.8 Å². The van der Waals surface area contributed by atoms with E-state index in [2.05, 4.69) is 20.4 Å². The topological polar surface area (TPSA) is 102 Å². The van der Waals surface area contributed by atoms with E-state index in [1.165, 1.54) is 20.8 Å². The Labute approximate surface area is 185 Å². The van der Waals surface area contributed by atoms with E-state index in [1.54, 1.807) is 0 Å². The smallest absolute Gasteiger partial charge is 0.303 e. The molecule has 0 aromatic carbocycles. The van der Waals surface area contributed by atoms with Crippen LogP contribution in [0, 0.1) is 23.7 Å². The highest BCUT2D eigenvalue weighted by molar-refractivity contribution is 5.67. The third-order valence-corrected chi connectivity index (χ3v) is 7.79. The lowest BCUT2D eigenvalue weighted by molar-refractivity contribution is -0.197. The van der Waals surface area contributed by atoms with E-state index in [1.807, 2.05) is 6.92 Å². The molecule has 1 aliphatic carbocycles. The molecule has 0 radical (unpaired) electrons. The zero-order chi connectivity index (χ0) is 23.3. The van der Waals surface area contributed by atoms with Crippen molar-refractivity contribution in [1.82, 2.24) is 0 Å². The number of aliphatic hydroxyl groups excluding tert-OH is 1. The Morgan fingerprint density at radius 3 is 2.39 bits per heavy atom. The van der Waals surface area contributed by atoms with E-state index in [0.717, 1.165) is 18.4 Å². The molecule has 31 heavy (non-hydrogen) atoms. The highest BCUT2D eigenvalue weighted by Crippen LogP contribution is 2.56. The summed E-state index contributed by atoms with van der Waals surface area (Å²) in [5, 5.41) is 22.7. The van der Waals surface area contributed by atoms with Crippen LogP contribution in [0.4, 0.5) is 0 Å². The van der Waals surface area contributed by atoms with Crippen molar-refractivity contribution in [2.24, 2.45) is 23.7 Å². The molecule has 2 heterocycles. The predicted molar refractivity (Wildman–Crippen MR) is 114 cm³/mol. The van der Waals surface area contributed by atoms with Crippen LogP contribution in [0.15, 0.2) is 12.2 Å². The minimum atomic E-state index is -1.73. The third kappa shape index (κ3) is 4.29. The molecule has 176 valence electrons. The second-order valence-electron chi connectivity index (χ2n) is 10.4. The Bertz CT molecular complexity index is 729. The maximum atomic E-state index is 12.1. The summed E-state index contributed by atoms with van der Waals surface area (Å²) in [4.78, 5) is 23.8. The van der Waals surface area contributed by atoms with Crippen LogP contribution in [0.3, 0.4) is 0 Å². The second kappa shape index (κ2) is 8.49. The first-order valence-electron chi connectivity index (χ1n) is 11.4. The molecule has 9 atom stereocenters. The first-order valence-corrected chi connectivity index (χ1v) is 11.4. The molecule has 2 aliphatic heterocycles. The van der Waals surface area contributed by atoms with Gasteiger partial charge in [0.25, 0.3) is 0 Å². The van der Waals surface area contributed by atoms with E-state index >= 15 is 0 Å². The van der Waals surface area contributed by atoms with Gasteiger partial charge in [-0.15, -0.1) is 0 Å². The molecule has 0 spiro atoms. The largest absolute Gasteiger partial charge is 0.459 e. The van der Waals surface area contributed by atoms with Crippen molar-refractivity contribution in [1.29, 1.82) is 0 Å². The number of esters is 2. The van der Waals surface area contributed by atoms with Crippen molar-refractivity contribution in [3.05, 3.63) is 12.2 Å². The quantitative estimate of drug-likeness (QED) is 0.516. The minimum absolute atomic E-state index is 0.00586. The second-order valence-corrected chi connectivity index (χ2v) is 10.4. The molecular formula is C24H38O7. The molecule has 3 fully saturated rings. The van der Waals surface area contributed by atoms with Gasteiger partial charge >= 0.3 is 11.9 Å². The van der Waals surface area contributed by atoms with Gasteiger partial charge in [-0.25, -0.2) is 0 Å². The Balaban J connectivity index is 2.13. The zero-order valence-corrected chi connectivity index (χ0v) is 19.6. The lowest BCUT2D eigenvalue weighted by Crippen LogP contribution is -2.58. The lowest BCUT2D eigenvalue weighted by Gasteiger charge is -2.46. The van der Waals surface area contributed by atoms with Crippen molar-refractivity contribution in [3.8, 4) is 0 Å². The summed E-state index contributed by atoms with van der Waals surface area (Å²) < 4.78 is 17.8. The van der Waals surface area contributed by atoms with Crippen LogP contribution >= 0.6 is 0 Å². The Morgan fingerprint density at radius 1 is 1.19 bits per heavy atom. The highest BCUT2D eigenvalue weighted by atomic mass is 16.6. The number of hydrogen-bond donors (Lipinski definition) is 2. The van der Waals surface area contributed by atoms with Gasteiger partial charge in [-0.05, 0) is 51.4 Å². The number of fused-ring (bicyclic) bond motifs is 5. The first kappa shape index (κ1) is 24.2. The standard InChI is InChI=1S/C24H38O7/c1-12(2)16-9-8-13(3)18-19(16)22-23(6,31-15(5)26)11-10-17(29-14(4)25)24(7,28)21(27)20(18)30-22/h12,16-22,27-28H,3,8-11H2,1-2,4-7H3/t16-,17+,18+,19-,20+,21+,22-,23-,24-/m1/s1. The van der Waals surface area contributed by atoms with Gasteiger partial charge in [-0.2, -0.15) is 0 Å². The molecule has 1 saturated carbocycles. The van der Waals surface area contributed by atoms with Crippen molar-refractivity contribution in [2.45, 2.75) is 103 Å². The molecule has 0 unspecified atom stereocenters. The van der Waals surface area contributed by atoms with Gasteiger partial charge in [0, 0.05) is 25.7 Å². The summed E-state index contributed by atoms with van der Waals surface area (Å²) in [5.41, 5.74) is -1.74. The average Bonchev–Trinajstić information content (AvgIpc) is 3.05. The van der Waals surface area contributed by atoms with Crippen LogP contribution in [0.5, 0.6) is 0 Å². The van der Waals surface area contributed by atoms with Crippen molar-refractivity contribution in [3.63, 3.8) is 0 Å². The monoisotopic (exact) mass is 438 g/mol. The first-order chi connectivity index (χ1) is 14.3. The summed E-state index contributed by atoms with van der Waals surface area (Å²) in [5.74, 6) is -0.457. The van der Waals surface area contributed by atoms with E-state index in [4.69, 9.17) is 14.2 Å². The summed E-state index contributed by atoms with van der Waals surface area (Å²) >= 11 is 0. The van der Waals surface area contributed by atoms with Crippen LogP contribution < -0.4 is 0 Å².